The van der Waals surface area contributed by atoms with E-state index in [0.717, 1.165) is 40.2 Å². The summed E-state index contributed by atoms with van der Waals surface area (Å²) in [5.41, 5.74) is 2.01. The molecule has 4 rings (SSSR count). The first-order valence-corrected chi connectivity index (χ1v) is 13.1. The van der Waals surface area contributed by atoms with Crippen LogP contribution >= 0.6 is 23.1 Å². The molecular weight excluding hydrogens is 460 g/mol. The highest BCUT2D eigenvalue weighted by Gasteiger charge is 2.23. The molecule has 2 aliphatic heterocycles. The fraction of sp³-hybridized carbons (Fsp3) is 0.545. The standard InChI is InChI=1S/C22H30N6O3S2/c1-2-17-5-3-4-6-18(17)23-19(29)15-26-7-9-27(10-8-26)20(30)16-32-22-25-24-21(33-22)28-11-13-31-14-12-28/h3-6H,2,7-16H2,1H3,(H,23,29). The van der Waals surface area contributed by atoms with Crippen LogP contribution in [0.4, 0.5) is 10.8 Å². The Kier molecular flexibility index (Phi) is 8.54. The minimum absolute atomic E-state index is 0.0152. The molecule has 0 spiro atoms. The van der Waals surface area contributed by atoms with Crippen molar-refractivity contribution >= 4 is 45.7 Å². The minimum atomic E-state index is -0.0152. The van der Waals surface area contributed by atoms with E-state index in [1.165, 1.54) is 23.1 Å². The Morgan fingerprint density at radius 2 is 1.85 bits per heavy atom. The smallest absolute Gasteiger partial charge is 0.238 e. The Bertz CT molecular complexity index is 942. The first-order chi connectivity index (χ1) is 16.1. The van der Waals surface area contributed by atoms with E-state index >= 15 is 0 Å². The average Bonchev–Trinajstić information content (AvgIpc) is 3.33. The maximum atomic E-state index is 12.7. The number of benzene rings is 1. The van der Waals surface area contributed by atoms with Gasteiger partial charge in [0.1, 0.15) is 0 Å². The lowest BCUT2D eigenvalue weighted by atomic mass is 10.1. The van der Waals surface area contributed by atoms with Crippen LogP contribution in [0.15, 0.2) is 28.6 Å². The highest BCUT2D eigenvalue weighted by Crippen LogP contribution is 2.28. The van der Waals surface area contributed by atoms with Crippen LogP contribution in [0.25, 0.3) is 0 Å². The number of hydrogen-bond acceptors (Lipinski definition) is 9. The number of hydrogen-bond donors (Lipinski definition) is 1. The van der Waals surface area contributed by atoms with Gasteiger partial charge in [-0.2, -0.15) is 0 Å². The lowest BCUT2D eigenvalue weighted by Crippen LogP contribution is -2.50. The minimum Gasteiger partial charge on any atom is -0.378 e. The van der Waals surface area contributed by atoms with Crippen molar-refractivity contribution < 1.29 is 14.3 Å². The molecule has 1 aromatic heterocycles. The van der Waals surface area contributed by atoms with Gasteiger partial charge in [0.2, 0.25) is 16.9 Å². The van der Waals surface area contributed by atoms with Crippen molar-refractivity contribution in [3.63, 3.8) is 0 Å². The number of carbonyl (C=O) groups excluding carboxylic acids is 2. The average molecular weight is 491 g/mol. The summed E-state index contributed by atoms with van der Waals surface area (Å²) in [6, 6.07) is 7.88. The number of amides is 2. The van der Waals surface area contributed by atoms with E-state index in [0.29, 0.717) is 51.7 Å². The van der Waals surface area contributed by atoms with Crippen molar-refractivity contribution in [2.45, 2.75) is 17.7 Å². The van der Waals surface area contributed by atoms with Crippen molar-refractivity contribution in [3.05, 3.63) is 29.8 Å². The summed E-state index contributed by atoms with van der Waals surface area (Å²) in [6.07, 6.45) is 0.876. The molecule has 0 aliphatic carbocycles. The van der Waals surface area contributed by atoms with Crippen molar-refractivity contribution in [2.75, 3.05) is 75.0 Å². The molecule has 9 nitrogen and oxygen atoms in total. The van der Waals surface area contributed by atoms with Gasteiger partial charge in [0, 0.05) is 45.0 Å². The van der Waals surface area contributed by atoms with Gasteiger partial charge in [-0.3, -0.25) is 14.5 Å². The fourth-order valence-corrected chi connectivity index (χ4v) is 5.65. The second-order valence-corrected chi connectivity index (χ2v) is 10.1. The second kappa shape index (κ2) is 11.8. The number of anilines is 2. The van der Waals surface area contributed by atoms with E-state index in [1.54, 1.807) is 0 Å². The van der Waals surface area contributed by atoms with Crippen LogP contribution in [0.3, 0.4) is 0 Å². The normalized spacial score (nSPS) is 17.2. The molecule has 2 saturated heterocycles. The van der Waals surface area contributed by atoms with Crippen LogP contribution in [0.1, 0.15) is 12.5 Å². The quantitative estimate of drug-likeness (QED) is 0.561. The number of ether oxygens (including phenoxy) is 1. The summed E-state index contributed by atoms with van der Waals surface area (Å²) in [5.74, 6) is 0.439. The van der Waals surface area contributed by atoms with Crippen LogP contribution in [0.2, 0.25) is 0 Å². The van der Waals surface area contributed by atoms with Crippen LogP contribution in [-0.2, 0) is 20.7 Å². The zero-order valence-corrected chi connectivity index (χ0v) is 20.5. The van der Waals surface area contributed by atoms with Crippen LogP contribution in [0, 0.1) is 0 Å². The van der Waals surface area contributed by atoms with Crippen LogP contribution in [-0.4, -0.2) is 96.6 Å². The summed E-state index contributed by atoms with van der Waals surface area (Å²) in [7, 11) is 0. The molecule has 178 valence electrons. The van der Waals surface area contributed by atoms with Crippen molar-refractivity contribution in [3.8, 4) is 0 Å². The lowest BCUT2D eigenvalue weighted by Gasteiger charge is -2.34. The number of thioether (sulfide) groups is 1. The number of piperazine rings is 1. The number of para-hydroxylation sites is 1. The summed E-state index contributed by atoms with van der Waals surface area (Å²) in [6.45, 7) is 8.13. The lowest BCUT2D eigenvalue weighted by molar-refractivity contribution is -0.130. The molecule has 33 heavy (non-hydrogen) atoms. The molecule has 2 aliphatic rings. The fourth-order valence-electron chi connectivity index (χ4n) is 3.86. The maximum absolute atomic E-state index is 12.7. The molecule has 0 atom stereocenters. The predicted molar refractivity (Wildman–Crippen MR) is 131 cm³/mol. The van der Waals surface area contributed by atoms with Crippen molar-refractivity contribution in [1.82, 2.24) is 20.0 Å². The highest BCUT2D eigenvalue weighted by atomic mass is 32.2. The molecule has 0 radical (unpaired) electrons. The zero-order valence-electron chi connectivity index (χ0n) is 18.9. The number of nitrogens with zero attached hydrogens (tertiary/aromatic N) is 5. The van der Waals surface area contributed by atoms with Gasteiger partial charge in [-0.1, -0.05) is 48.2 Å². The van der Waals surface area contributed by atoms with E-state index in [9.17, 15) is 9.59 Å². The van der Waals surface area contributed by atoms with E-state index in [1.807, 2.05) is 29.2 Å². The Labute approximate surface area is 202 Å². The molecule has 1 aromatic carbocycles. The summed E-state index contributed by atoms with van der Waals surface area (Å²) >= 11 is 2.97. The number of carbonyl (C=O) groups is 2. The zero-order chi connectivity index (χ0) is 23.0. The first-order valence-electron chi connectivity index (χ1n) is 11.3. The van der Waals surface area contributed by atoms with E-state index in [2.05, 4.69) is 32.2 Å². The third-order valence-electron chi connectivity index (χ3n) is 5.76. The molecule has 2 aromatic rings. The molecule has 0 saturated carbocycles. The Hall–Kier alpha value is -2.21. The molecule has 2 fully saturated rings. The van der Waals surface area contributed by atoms with E-state index in [-0.39, 0.29) is 11.8 Å². The molecule has 0 unspecified atom stereocenters. The molecule has 0 bridgehead atoms. The predicted octanol–water partition coefficient (Wildman–Crippen LogP) is 1.81. The van der Waals surface area contributed by atoms with E-state index in [4.69, 9.17) is 4.74 Å². The van der Waals surface area contributed by atoms with Gasteiger partial charge in [-0.15, -0.1) is 10.2 Å². The Morgan fingerprint density at radius 3 is 2.61 bits per heavy atom. The van der Waals surface area contributed by atoms with Gasteiger partial charge in [-0.25, -0.2) is 0 Å². The number of rotatable bonds is 8. The first kappa shape index (κ1) is 23.9. The Morgan fingerprint density at radius 1 is 1.09 bits per heavy atom. The number of aryl methyl sites for hydroxylation is 1. The molecule has 3 heterocycles. The van der Waals surface area contributed by atoms with Gasteiger partial charge >= 0.3 is 0 Å². The van der Waals surface area contributed by atoms with E-state index < -0.39 is 0 Å². The van der Waals surface area contributed by atoms with Gasteiger partial charge < -0.3 is 19.9 Å². The van der Waals surface area contributed by atoms with Crippen LogP contribution < -0.4 is 10.2 Å². The van der Waals surface area contributed by atoms with Gasteiger partial charge in [-0.05, 0) is 18.1 Å². The van der Waals surface area contributed by atoms with Crippen molar-refractivity contribution in [2.24, 2.45) is 0 Å². The monoisotopic (exact) mass is 490 g/mol. The molecule has 11 heteroatoms. The van der Waals surface area contributed by atoms with Crippen molar-refractivity contribution in [1.29, 1.82) is 0 Å². The second-order valence-electron chi connectivity index (χ2n) is 7.95. The Balaban J connectivity index is 1.18. The van der Waals surface area contributed by atoms with Crippen LogP contribution in [0.5, 0.6) is 0 Å². The summed E-state index contributed by atoms with van der Waals surface area (Å²) in [5, 5.41) is 12.4. The topological polar surface area (TPSA) is 90.9 Å². The largest absolute Gasteiger partial charge is 0.378 e. The molecular formula is C22H30N6O3S2. The molecule has 2 amide bonds. The molecule has 1 N–H and O–H groups in total. The SMILES string of the molecule is CCc1ccccc1NC(=O)CN1CCN(C(=O)CSc2nnc(N3CCOCC3)s2)CC1. The van der Waals surface area contributed by atoms with Gasteiger partial charge in [0.25, 0.3) is 0 Å². The third kappa shape index (κ3) is 6.66. The van der Waals surface area contributed by atoms with Gasteiger partial charge in [0.05, 0.1) is 25.5 Å². The highest BCUT2D eigenvalue weighted by molar-refractivity contribution is 8.01. The summed E-state index contributed by atoms with van der Waals surface area (Å²) in [4.78, 5) is 31.3. The summed E-state index contributed by atoms with van der Waals surface area (Å²) < 4.78 is 6.19. The number of aromatic nitrogens is 2. The number of nitrogens with one attached hydrogen (secondary N) is 1. The third-order valence-corrected chi connectivity index (χ3v) is 7.86. The number of morpholine rings is 1. The maximum Gasteiger partial charge on any atom is 0.238 e. The van der Waals surface area contributed by atoms with Gasteiger partial charge in [0.15, 0.2) is 4.34 Å².